The van der Waals surface area contributed by atoms with Crippen LogP contribution >= 0.6 is 0 Å². The fourth-order valence-corrected chi connectivity index (χ4v) is 0.279. The van der Waals surface area contributed by atoms with Crippen LogP contribution in [0.2, 0.25) is 0 Å². The monoisotopic (exact) mass is 139 g/mol. The number of allylic oxidation sites excluding steroid dienone is 2. The first-order chi connectivity index (χ1) is 4.81. The molecule has 0 aliphatic heterocycles. The van der Waals surface area contributed by atoms with Crippen molar-refractivity contribution >= 4 is 0 Å². The van der Waals surface area contributed by atoms with Crippen molar-refractivity contribution in [3.05, 3.63) is 30.2 Å². The predicted octanol–water partition coefficient (Wildman–Crippen LogP) is 2.57. The third kappa shape index (κ3) is 5.09. The second-order valence-electron chi connectivity index (χ2n) is 1.79. The van der Waals surface area contributed by atoms with E-state index in [4.69, 9.17) is 0 Å². The third-order valence-electron chi connectivity index (χ3n) is 0.900. The SMILES string of the molecule is C/C=C/C.Cc1ccno1. The van der Waals surface area contributed by atoms with Crippen molar-refractivity contribution in [3.63, 3.8) is 0 Å². The Labute approximate surface area is 61.5 Å². The molecule has 0 saturated heterocycles. The van der Waals surface area contributed by atoms with Crippen LogP contribution in [0.3, 0.4) is 0 Å². The summed E-state index contributed by atoms with van der Waals surface area (Å²) in [6.45, 7) is 5.85. The molecule has 2 heteroatoms. The van der Waals surface area contributed by atoms with Crippen molar-refractivity contribution in [1.29, 1.82) is 0 Å². The van der Waals surface area contributed by atoms with E-state index < -0.39 is 0 Å². The zero-order chi connectivity index (χ0) is 7.82. The van der Waals surface area contributed by atoms with Gasteiger partial charge in [-0.2, -0.15) is 0 Å². The van der Waals surface area contributed by atoms with Gasteiger partial charge in [0.05, 0.1) is 6.20 Å². The van der Waals surface area contributed by atoms with Crippen LogP contribution in [-0.2, 0) is 0 Å². The Balaban J connectivity index is 0.000000180. The van der Waals surface area contributed by atoms with E-state index in [1.807, 2.05) is 32.9 Å². The number of aryl methyl sites for hydroxylation is 1. The zero-order valence-electron chi connectivity index (χ0n) is 6.66. The normalized spacial score (nSPS) is 9.10. The van der Waals surface area contributed by atoms with Gasteiger partial charge in [-0.1, -0.05) is 17.3 Å². The lowest BCUT2D eigenvalue weighted by Crippen LogP contribution is -1.50. The van der Waals surface area contributed by atoms with Gasteiger partial charge in [-0.15, -0.1) is 0 Å². The number of hydrogen-bond acceptors (Lipinski definition) is 2. The third-order valence-corrected chi connectivity index (χ3v) is 0.900. The summed E-state index contributed by atoms with van der Waals surface area (Å²) in [5.74, 6) is 0.856. The largest absolute Gasteiger partial charge is 0.362 e. The molecule has 0 atom stereocenters. The smallest absolute Gasteiger partial charge is 0.133 e. The highest BCUT2D eigenvalue weighted by Gasteiger charge is 1.78. The molecule has 0 bridgehead atoms. The van der Waals surface area contributed by atoms with E-state index in [1.165, 1.54) is 0 Å². The maximum Gasteiger partial charge on any atom is 0.133 e. The Morgan fingerprint density at radius 3 is 2.10 bits per heavy atom. The first kappa shape index (κ1) is 8.95. The van der Waals surface area contributed by atoms with Crippen molar-refractivity contribution in [2.45, 2.75) is 20.8 Å². The molecule has 1 aromatic rings. The van der Waals surface area contributed by atoms with E-state index in [0.29, 0.717) is 0 Å². The molecule has 0 N–H and O–H groups in total. The first-order valence-electron chi connectivity index (χ1n) is 3.25. The highest BCUT2D eigenvalue weighted by Crippen LogP contribution is 1.88. The van der Waals surface area contributed by atoms with Crippen LogP contribution in [0.4, 0.5) is 0 Å². The summed E-state index contributed by atoms with van der Waals surface area (Å²) in [5.41, 5.74) is 0. The van der Waals surface area contributed by atoms with Crippen molar-refractivity contribution in [2.24, 2.45) is 0 Å². The second-order valence-corrected chi connectivity index (χ2v) is 1.79. The number of rotatable bonds is 0. The standard InChI is InChI=1S/C4H5NO.C4H8/c1-4-2-3-5-6-4;1-3-4-2/h2-3H,1H3;3-4H,1-2H3/b;4-3+. The Kier molecular flexibility index (Phi) is 5.44. The van der Waals surface area contributed by atoms with Gasteiger partial charge in [0.1, 0.15) is 5.76 Å². The molecule has 0 fully saturated rings. The van der Waals surface area contributed by atoms with Crippen LogP contribution in [-0.4, -0.2) is 5.16 Å². The molecule has 0 aromatic carbocycles. The summed E-state index contributed by atoms with van der Waals surface area (Å²) >= 11 is 0. The lowest BCUT2D eigenvalue weighted by molar-refractivity contribution is 0.397. The summed E-state index contributed by atoms with van der Waals surface area (Å²) < 4.78 is 4.58. The van der Waals surface area contributed by atoms with Crippen molar-refractivity contribution in [3.8, 4) is 0 Å². The molecule has 0 amide bonds. The van der Waals surface area contributed by atoms with E-state index in [0.717, 1.165) is 5.76 Å². The Morgan fingerprint density at radius 1 is 1.40 bits per heavy atom. The van der Waals surface area contributed by atoms with Crippen molar-refractivity contribution < 1.29 is 4.52 Å². The molecular weight excluding hydrogens is 126 g/mol. The highest BCUT2D eigenvalue weighted by atomic mass is 16.5. The summed E-state index contributed by atoms with van der Waals surface area (Å²) in [4.78, 5) is 0. The van der Waals surface area contributed by atoms with Crippen molar-refractivity contribution in [1.82, 2.24) is 5.16 Å². The van der Waals surface area contributed by atoms with Crippen LogP contribution in [0.5, 0.6) is 0 Å². The van der Waals surface area contributed by atoms with E-state index in [1.54, 1.807) is 12.3 Å². The quantitative estimate of drug-likeness (QED) is 0.516. The maximum atomic E-state index is 4.58. The van der Waals surface area contributed by atoms with E-state index in [-0.39, 0.29) is 0 Å². The van der Waals surface area contributed by atoms with Gasteiger partial charge in [-0.3, -0.25) is 0 Å². The number of nitrogens with zero attached hydrogens (tertiary/aromatic N) is 1. The first-order valence-corrected chi connectivity index (χ1v) is 3.25. The van der Waals surface area contributed by atoms with Gasteiger partial charge in [0.25, 0.3) is 0 Å². The average Bonchev–Trinajstić information content (AvgIpc) is 2.40. The Morgan fingerprint density at radius 2 is 2.00 bits per heavy atom. The van der Waals surface area contributed by atoms with Crippen LogP contribution in [0.15, 0.2) is 28.9 Å². The molecule has 0 unspecified atom stereocenters. The van der Waals surface area contributed by atoms with Crippen LogP contribution < -0.4 is 0 Å². The van der Waals surface area contributed by atoms with Gasteiger partial charge in [0.2, 0.25) is 0 Å². The average molecular weight is 139 g/mol. The van der Waals surface area contributed by atoms with E-state index >= 15 is 0 Å². The molecule has 2 nitrogen and oxygen atoms in total. The Hall–Kier alpha value is -1.05. The second kappa shape index (κ2) is 6.08. The zero-order valence-corrected chi connectivity index (χ0v) is 6.66. The summed E-state index contributed by atoms with van der Waals surface area (Å²) in [6.07, 6.45) is 5.62. The molecule has 0 saturated carbocycles. The molecule has 0 aliphatic rings. The predicted molar refractivity (Wildman–Crippen MR) is 41.7 cm³/mol. The van der Waals surface area contributed by atoms with Gasteiger partial charge < -0.3 is 4.52 Å². The molecule has 10 heavy (non-hydrogen) atoms. The molecule has 1 heterocycles. The Bertz CT molecular complexity index is 161. The van der Waals surface area contributed by atoms with E-state index in [9.17, 15) is 0 Å². The molecule has 0 aliphatic carbocycles. The maximum absolute atomic E-state index is 4.58. The molecule has 1 aromatic heterocycles. The van der Waals surface area contributed by atoms with Crippen LogP contribution in [0, 0.1) is 6.92 Å². The van der Waals surface area contributed by atoms with Gasteiger partial charge in [-0.25, -0.2) is 0 Å². The molecule has 0 radical (unpaired) electrons. The van der Waals surface area contributed by atoms with Gasteiger partial charge in [0.15, 0.2) is 0 Å². The van der Waals surface area contributed by atoms with Crippen LogP contribution in [0.25, 0.3) is 0 Å². The lowest BCUT2D eigenvalue weighted by atomic mass is 10.5. The van der Waals surface area contributed by atoms with Crippen LogP contribution in [0.1, 0.15) is 19.6 Å². The van der Waals surface area contributed by atoms with Gasteiger partial charge in [0, 0.05) is 6.07 Å². The molecular formula is C8H13NO. The topological polar surface area (TPSA) is 26.0 Å². The number of aromatic nitrogens is 1. The van der Waals surface area contributed by atoms with Gasteiger partial charge in [-0.05, 0) is 20.8 Å². The minimum Gasteiger partial charge on any atom is -0.362 e. The van der Waals surface area contributed by atoms with Crippen molar-refractivity contribution in [2.75, 3.05) is 0 Å². The fourth-order valence-electron chi connectivity index (χ4n) is 0.279. The summed E-state index contributed by atoms with van der Waals surface area (Å²) in [6, 6.07) is 1.81. The van der Waals surface area contributed by atoms with E-state index in [2.05, 4.69) is 9.68 Å². The lowest BCUT2D eigenvalue weighted by Gasteiger charge is -1.65. The molecule has 56 valence electrons. The minimum atomic E-state index is 0.856. The highest BCUT2D eigenvalue weighted by molar-refractivity contribution is 4.87. The summed E-state index contributed by atoms with van der Waals surface area (Å²) in [7, 11) is 0. The summed E-state index contributed by atoms with van der Waals surface area (Å²) in [5, 5.41) is 3.45. The minimum absolute atomic E-state index is 0.856. The fraction of sp³-hybridized carbons (Fsp3) is 0.375. The molecule has 1 rings (SSSR count). The molecule has 0 spiro atoms. The number of hydrogen-bond donors (Lipinski definition) is 0. The van der Waals surface area contributed by atoms with Gasteiger partial charge >= 0.3 is 0 Å².